The van der Waals surface area contributed by atoms with Crippen LogP contribution in [0.25, 0.3) is 0 Å². The smallest absolute Gasteiger partial charge is 0.0158 e. The van der Waals surface area contributed by atoms with E-state index in [1.54, 1.807) is 11.1 Å². The van der Waals surface area contributed by atoms with Crippen molar-refractivity contribution < 1.29 is 0 Å². The fourth-order valence-corrected chi connectivity index (χ4v) is 13.4. The highest BCUT2D eigenvalue weighted by atomic mass is 31.1. The Morgan fingerprint density at radius 2 is 1.56 bits per heavy atom. The summed E-state index contributed by atoms with van der Waals surface area (Å²) < 4.78 is 0. The lowest BCUT2D eigenvalue weighted by Gasteiger charge is -2.43. The third-order valence-electron chi connectivity index (χ3n) is 6.91. The van der Waals surface area contributed by atoms with E-state index in [1.807, 2.05) is 5.57 Å². The van der Waals surface area contributed by atoms with Crippen molar-refractivity contribution in [2.75, 3.05) is 6.16 Å². The Hall–Kier alpha value is -0.440. The van der Waals surface area contributed by atoms with Gasteiger partial charge < -0.3 is 0 Å². The Kier molecular flexibility index (Phi) is 5.01. The molecule has 6 atom stereocenters. The summed E-state index contributed by atoms with van der Waals surface area (Å²) in [6.45, 7) is 17.5. The van der Waals surface area contributed by atoms with Crippen LogP contribution in [-0.2, 0) is 6.16 Å². The normalized spacial score (nSPS) is 35.7. The monoisotopic (exact) mass is 398 g/mol. The van der Waals surface area contributed by atoms with Gasteiger partial charge in [-0.2, -0.15) is 0 Å². The second-order valence-electron chi connectivity index (χ2n) is 10.7. The SMILES string of the molecule is CC1C=CC=C2C1C[P@@](C(C)(C)C)C2C1c2ccccc2CP1C(C)(C)C. The number of rotatable bonds is 1. The average molecular weight is 399 g/mol. The molecule has 146 valence electrons. The molecule has 4 rings (SSSR count). The molecule has 3 aliphatic rings. The van der Waals surface area contributed by atoms with Crippen LogP contribution in [-0.4, -0.2) is 22.1 Å². The fraction of sp³-hybridized carbons (Fsp3) is 0.600. The summed E-state index contributed by atoms with van der Waals surface area (Å²) in [4.78, 5) is 0. The van der Waals surface area contributed by atoms with Crippen molar-refractivity contribution in [3.8, 4) is 0 Å². The fourth-order valence-electron chi connectivity index (χ4n) is 5.45. The van der Waals surface area contributed by atoms with Crippen molar-refractivity contribution in [1.82, 2.24) is 0 Å². The molecule has 0 saturated carbocycles. The van der Waals surface area contributed by atoms with E-state index in [0.717, 1.165) is 17.2 Å². The molecule has 0 amide bonds. The largest absolute Gasteiger partial charge is 0.0922 e. The lowest BCUT2D eigenvalue weighted by Crippen LogP contribution is -2.26. The van der Waals surface area contributed by atoms with Gasteiger partial charge in [0.2, 0.25) is 0 Å². The maximum absolute atomic E-state index is 2.53. The van der Waals surface area contributed by atoms with Crippen LogP contribution in [0, 0.1) is 11.8 Å². The average Bonchev–Trinajstić information content (AvgIpc) is 3.13. The standard InChI is InChI=1S/C25H36P2/c1-17-11-10-14-20-21(17)16-27(25(5,6)7)23(20)22-19-13-9-8-12-18(19)15-26(22)24(2,3)4/h8-14,17,21-23H,15-16H2,1-7H3/t17?,21?,22?,23?,26?,27-/m1/s1. The third kappa shape index (κ3) is 3.40. The number of fused-ring (bicyclic) bond motifs is 2. The van der Waals surface area contributed by atoms with Crippen LogP contribution < -0.4 is 0 Å². The van der Waals surface area contributed by atoms with Gasteiger partial charge >= 0.3 is 0 Å². The molecule has 0 aromatic heterocycles. The molecule has 1 aromatic carbocycles. The van der Waals surface area contributed by atoms with E-state index in [0.29, 0.717) is 16.2 Å². The molecule has 1 fully saturated rings. The molecular weight excluding hydrogens is 362 g/mol. The molecule has 0 spiro atoms. The van der Waals surface area contributed by atoms with E-state index in [-0.39, 0.29) is 15.8 Å². The van der Waals surface area contributed by atoms with Crippen molar-refractivity contribution >= 4 is 15.8 Å². The molecule has 27 heavy (non-hydrogen) atoms. The van der Waals surface area contributed by atoms with Crippen molar-refractivity contribution in [1.29, 1.82) is 0 Å². The predicted molar refractivity (Wildman–Crippen MR) is 125 cm³/mol. The molecule has 0 bridgehead atoms. The molecule has 2 heteroatoms. The van der Waals surface area contributed by atoms with E-state index in [1.165, 1.54) is 12.3 Å². The first-order valence-corrected chi connectivity index (χ1v) is 13.8. The van der Waals surface area contributed by atoms with Gasteiger partial charge in [0.15, 0.2) is 0 Å². The molecule has 2 aliphatic heterocycles. The van der Waals surface area contributed by atoms with Crippen molar-refractivity contribution in [3.05, 3.63) is 59.2 Å². The minimum Gasteiger partial charge on any atom is -0.0922 e. The molecule has 1 aromatic rings. The van der Waals surface area contributed by atoms with Gasteiger partial charge in [0.25, 0.3) is 0 Å². The Labute approximate surface area is 169 Å². The summed E-state index contributed by atoms with van der Waals surface area (Å²) >= 11 is 0. The molecule has 2 heterocycles. The first-order valence-electron chi connectivity index (χ1n) is 10.6. The highest BCUT2D eigenvalue weighted by Crippen LogP contribution is 2.77. The minimum absolute atomic E-state index is 0.0278. The van der Waals surface area contributed by atoms with Crippen LogP contribution in [0.5, 0.6) is 0 Å². The Morgan fingerprint density at radius 3 is 2.22 bits per heavy atom. The van der Waals surface area contributed by atoms with Crippen LogP contribution in [0.15, 0.2) is 48.1 Å². The summed E-state index contributed by atoms with van der Waals surface area (Å²) in [5.41, 5.74) is 6.70. The number of benzene rings is 1. The topological polar surface area (TPSA) is 0 Å². The zero-order valence-corrected chi connectivity index (χ0v) is 19.9. The molecule has 5 unspecified atom stereocenters. The summed E-state index contributed by atoms with van der Waals surface area (Å²) in [5, 5.41) is 0.834. The van der Waals surface area contributed by atoms with E-state index in [2.05, 4.69) is 91.0 Å². The van der Waals surface area contributed by atoms with Crippen LogP contribution in [0.3, 0.4) is 0 Å². The number of allylic oxidation sites excluding steroid dienone is 4. The van der Waals surface area contributed by atoms with Gasteiger partial charge in [-0.3, -0.25) is 0 Å². The predicted octanol–water partition coefficient (Wildman–Crippen LogP) is 7.93. The van der Waals surface area contributed by atoms with Crippen molar-refractivity contribution in [3.63, 3.8) is 0 Å². The van der Waals surface area contributed by atoms with Gasteiger partial charge in [0.1, 0.15) is 0 Å². The number of hydrogen-bond donors (Lipinski definition) is 0. The quantitative estimate of drug-likeness (QED) is 0.421. The van der Waals surface area contributed by atoms with Crippen LogP contribution in [0.4, 0.5) is 0 Å². The lowest BCUT2D eigenvalue weighted by atomic mass is 9.82. The Balaban J connectivity index is 1.86. The van der Waals surface area contributed by atoms with Gasteiger partial charge in [-0.1, -0.05) is 112 Å². The first-order chi connectivity index (χ1) is 12.6. The second kappa shape index (κ2) is 6.82. The maximum atomic E-state index is 2.53. The van der Waals surface area contributed by atoms with Gasteiger partial charge in [-0.05, 0) is 45.6 Å². The summed E-state index contributed by atoms with van der Waals surface area (Å²) in [7, 11) is -0.0844. The van der Waals surface area contributed by atoms with E-state index in [4.69, 9.17) is 0 Å². The van der Waals surface area contributed by atoms with Gasteiger partial charge in [0, 0.05) is 11.3 Å². The van der Waals surface area contributed by atoms with Crippen molar-refractivity contribution in [2.24, 2.45) is 11.8 Å². The Bertz CT molecular complexity index is 774. The van der Waals surface area contributed by atoms with E-state index in [9.17, 15) is 0 Å². The highest BCUT2D eigenvalue weighted by molar-refractivity contribution is 7.64. The zero-order chi connectivity index (χ0) is 19.6. The third-order valence-corrected chi connectivity index (χ3v) is 14.6. The van der Waals surface area contributed by atoms with Crippen LogP contribution >= 0.6 is 15.8 Å². The summed E-state index contributed by atoms with van der Waals surface area (Å²) in [6, 6.07) is 9.43. The molecule has 0 nitrogen and oxygen atoms in total. The van der Waals surface area contributed by atoms with Gasteiger partial charge in [-0.25, -0.2) is 0 Å². The van der Waals surface area contributed by atoms with Crippen LogP contribution in [0.1, 0.15) is 65.3 Å². The van der Waals surface area contributed by atoms with Crippen LogP contribution in [0.2, 0.25) is 0 Å². The molecular formula is C25H36P2. The van der Waals surface area contributed by atoms with Gasteiger partial charge in [-0.15, -0.1) is 0 Å². The molecule has 1 saturated heterocycles. The maximum Gasteiger partial charge on any atom is 0.0158 e. The highest BCUT2D eigenvalue weighted by Gasteiger charge is 2.53. The van der Waals surface area contributed by atoms with Crippen molar-refractivity contribution in [2.45, 2.75) is 76.3 Å². The molecule has 1 aliphatic carbocycles. The summed E-state index contributed by atoms with van der Waals surface area (Å²) in [6.07, 6.45) is 10.1. The molecule has 0 N–H and O–H groups in total. The number of hydrogen-bond acceptors (Lipinski definition) is 0. The van der Waals surface area contributed by atoms with E-state index >= 15 is 0 Å². The van der Waals surface area contributed by atoms with E-state index < -0.39 is 0 Å². The van der Waals surface area contributed by atoms with Gasteiger partial charge in [0.05, 0.1) is 0 Å². The Morgan fingerprint density at radius 1 is 0.889 bits per heavy atom. The summed E-state index contributed by atoms with van der Waals surface area (Å²) in [5.74, 6) is 1.50. The lowest BCUT2D eigenvalue weighted by molar-refractivity contribution is 0.529. The molecule has 0 radical (unpaired) electrons. The second-order valence-corrected chi connectivity index (χ2v) is 17.1. The minimum atomic E-state index is -0.0565. The first kappa shape index (κ1) is 19.9. The zero-order valence-electron chi connectivity index (χ0n) is 18.2.